The summed E-state index contributed by atoms with van der Waals surface area (Å²) in [5.41, 5.74) is 0.988. The van der Waals surface area contributed by atoms with Gasteiger partial charge in [0.2, 0.25) is 5.78 Å². The van der Waals surface area contributed by atoms with Crippen LogP contribution in [0.25, 0.3) is 0 Å². The highest BCUT2D eigenvalue weighted by Gasteiger charge is 2.35. The van der Waals surface area contributed by atoms with Crippen molar-refractivity contribution in [2.45, 2.75) is 13.3 Å². The minimum atomic E-state index is -0.492. The zero-order valence-corrected chi connectivity index (χ0v) is 10.4. The molecule has 19 heavy (non-hydrogen) atoms. The maximum absolute atomic E-state index is 12.2. The SMILES string of the molecule is CC(=O)OC1=CC=C2Oc3ccccc3CC2C1=O. The first-order valence-electron chi connectivity index (χ1n) is 6.05. The van der Waals surface area contributed by atoms with Gasteiger partial charge in [-0.3, -0.25) is 9.59 Å². The van der Waals surface area contributed by atoms with Gasteiger partial charge in [-0.25, -0.2) is 0 Å². The van der Waals surface area contributed by atoms with Crippen molar-refractivity contribution in [3.05, 3.63) is 53.5 Å². The van der Waals surface area contributed by atoms with Crippen LogP contribution in [-0.2, 0) is 20.7 Å². The van der Waals surface area contributed by atoms with Gasteiger partial charge < -0.3 is 9.47 Å². The zero-order chi connectivity index (χ0) is 13.4. The highest BCUT2D eigenvalue weighted by atomic mass is 16.5. The number of para-hydroxylation sites is 1. The Kier molecular flexibility index (Phi) is 2.71. The fourth-order valence-corrected chi connectivity index (χ4v) is 2.31. The van der Waals surface area contributed by atoms with Gasteiger partial charge in [-0.2, -0.15) is 0 Å². The molecule has 1 heterocycles. The van der Waals surface area contributed by atoms with Gasteiger partial charge in [-0.05, 0) is 30.2 Å². The van der Waals surface area contributed by atoms with Crippen molar-refractivity contribution < 1.29 is 19.1 Å². The van der Waals surface area contributed by atoms with Crippen LogP contribution in [0.3, 0.4) is 0 Å². The molecule has 1 aliphatic carbocycles. The fraction of sp³-hybridized carbons (Fsp3) is 0.200. The van der Waals surface area contributed by atoms with E-state index in [9.17, 15) is 9.59 Å². The lowest BCUT2D eigenvalue weighted by Crippen LogP contribution is -2.30. The van der Waals surface area contributed by atoms with E-state index in [2.05, 4.69) is 0 Å². The molecule has 1 aliphatic heterocycles. The number of rotatable bonds is 1. The average Bonchev–Trinajstić information content (AvgIpc) is 2.40. The Morgan fingerprint density at radius 1 is 1.32 bits per heavy atom. The molecule has 1 aromatic carbocycles. The summed E-state index contributed by atoms with van der Waals surface area (Å²) in [6, 6.07) is 7.61. The van der Waals surface area contributed by atoms with E-state index in [0.29, 0.717) is 12.2 Å². The molecule has 0 spiro atoms. The molecule has 96 valence electrons. The summed E-state index contributed by atoms with van der Waals surface area (Å²) in [4.78, 5) is 23.2. The molecular formula is C15H12O4. The van der Waals surface area contributed by atoms with Crippen molar-refractivity contribution in [2.75, 3.05) is 0 Å². The quantitative estimate of drug-likeness (QED) is 0.722. The monoisotopic (exact) mass is 256 g/mol. The minimum absolute atomic E-state index is 0.0873. The summed E-state index contributed by atoms with van der Waals surface area (Å²) in [5.74, 6) is 0.385. The summed E-state index contributed by atoms with van der Waals surface area (Å²) in [6.45, 7) is 1.28. The van der Waals surface area contributed by atoms with Crippen LogP contribution in [0.1, 0.15) is 12.5 Å². The second-order valence-corrected chi connectivity index (χ2v) is 4.52. The first kappa shape index (κ1) is 11.7. The van der Waals surface area contributed by atoms with E-state index in [1.54, 1.807) is 6.08 Å². The number of Topliss-reactive ketones (excluding diaryl/α,β-unsaturated/α-hetero) is 1. The van der Waals surface area contributed by atoms with Crippen molar-refractivity contribution in [1.82, 2.24) is 0 Å². The number of ketones is 1. The lowest BCUT2D eigenvalue weighted by molar-refractivity contribution is -0.141. The summed E-state index contributed by atoms with van der Waals surface area (Å²) in [6.07, 6.45) is 3.75. The van der Waals surface area contributed by atoms with Crippen LogP contribution in [0.2, 0.25) is 0 Å². The maximum atomic E-state index is 12.2. The number of carbonyl (C=O) groups is 2. The van der Waals surface area contributed by atoms with E-state index in [1.807, 2.05) is 24.3 Å². The Bertz CT molecular complexity index is 625. The number of carbonyl (C=O) groups excluding carboxylic acids is 2. The van der Waals surface area contributed by atoms with Gasteiger partial charge in [-0.15, -0.1) is 0 Å². The highest BCUT2D eigenvalue weighted by molar-refractivity contribution is 6.00. The van der Waals surface area contributed by atoms with Crippen LogP contribution in [0, 0.1) is 5.92 Å². The molecule has 0 aromatic heterocycles. The Labute approximate surface area is 110 Å². The topological polar surface area (TPSA) is 52.6 Å². The predicted octanol–water partition coefficient (Wildman–Crippen LogP) is 2.15. The second-order valence-electron chi connectivity index (χ2n) is 4.52. The van der Waals surface area contributed by atoms with Crippen LogP contribution in [0.5, 0.6) is 5.75 Å². The normalized spacial score (nSPS) is 20.5. The number of esters is 1. The van der Waals surface area contributed by atoms with Gasteiger partial charge in [0.15, 0.2) is 5.76 Å². The lowest BCUT2D eigenvalue weighted by atomic mass is 9.87. The van der Waals surface area contributed by atoms with E-state index < -0.39 is 11.9 Å². The molecule has 4 nitrogen and oxygen atoms in total. The summed E-state index contributed by atoms with van der Waals surface area (Å²) in [7, 11) is 0. The predicted molar refractivity (Wildman–Crippen MR) is 67.2 cm³/mol. The Balaban J connectivity index is 1.94. The van der Waals surface area contributed by atoms with Crippen molar-refractivity contribution >= 4 is 11.8 Å². The van der Waals surface area contributed by atoms with Crippen LogP contribution < -0.4 is 4.74 Å². The van der Waals surface area contributed by atoms with E-state index in [4.69, 9.17) is 9.47 Å². The third-order valence-corrected chi connectivity index (χ3v) is 3.18. The first-order valence-corrected chi connectivity index (χ1v) is 6.05. The van der Waals surface area contributed by atoms with Gasteiger partial charge in [0, 0.05) is 6.92 Å². The van der Waals surface area contributed by atoms with Gasteiger partial charge in [0.05, 0.1) is 5.92 Å². The van der Waals surface area contributed by atoms with Gasteiger partial charge in [-0.1, -0.05) is 18.2 Å². The molecule has 1 aromatic rings. The van der Waals surface area contributed by atoms with Crippen molar-refractivity contribution in [2.24, 2.45) is 5.92 Å². The van der Waals surface area contributed by atoms with Crippen molar-refractivity contribution in [3.63, 3.8) is 0 Å². The summed E-state index contributed by atoms with van der Waals surface area (Å²) < 4.78 is 10.6. The number of hydrogen-bond acceptors (Lipinski definition) is 4. The average molecular weight is 256 g/mol. The van der Waals surface area contributed by atoms with E-state index >= 15 is 0 Å². The maximum Gasteiger partial charge on any atom is 0.308 e. The van der Waals surface area contributed by atoms with Crippen LogP contribution >= 0.6 is 0 Å². The molecule has 1 atom stereocenters. The fourth-order valence-electron chi connectivity index (χ4n) is 2.31. The van der Waals surface area contributed by atoms with Crippen LogP contribution in [-0.4, -0.2) is 11.8 Å². The Morgan fingerprint density at radius 3 is 2.89 bits per heavy atom. The van der Waals surface area contributed by atoms with E-state index in [1.165, 1.54) is 13.0 Å². The van der Waals surface area contributed by atoms with Gasteiger partial charge in [0.25, 0.3) is 0 Å². The van der Waals surface area contributed by atoms with E-state index in [-0.39, 0.29) is 11.5 Å². The Morgan fingerprint density at radius 2 is 2.11 bits per heavy atom. The number of hydrogen-bond donors (Lipinski definition) is 0. The molecule has 3 rings (SSSR count). The molecule has 0 bridgehead atoms. The molecule has 0 amide bonds. The smallest absolute Gasteiger partial charge is 0.308 e. The highest BCUT2D eigenvalue weighted by Crippen LogP contribution is 2.36. The standard InChI is InChI=1S/C15H12O4/c1-9(16)18-14-7-6-13-11(15(14)17)8-10-4-2-3-5-12(10)19-13/h2-7,11H,8H2,1H3. The molecule has 0 radical (unpaired) electrons. The number of allylic oxidation sites excluding steroid dienone is 4. The molecule has 0 fully saturated rings. The van der Waals surface area contributed by atoms with Crippen LogP contribution in [0.4, 0.5) is 0 Å². The first-order chi connectivity index (χ1) is 9.15. The second kappa shape index (κ2) is 4.39. The molecule has 0 saturated heterocycles. The van der Waals surface area contributed by atoms with Crippen molar-refractivity contribution in [3.8, 4) is 5.75 Å². The minimum Gasteiger partial charge on any atom is -0.461 e. The number of benzene rings is 1. The molecule has 0 saturated carbocycles. The number of fused-ring (bicyclic) bond motifs is 2. The Hall–Kier alpha value is -2.36. The molecule has 0 N–H and O–H groups in total. The molecule has 1 unspecified atom stereocenters. The van der Waals surface area contributed by atoms with Crippen molar-refractivity contribution in [1.29, 1.82) is 0 Å². The molecular weight excluding hydrogens is 244 g/mol. The number of ether oxygens (including phenoxy) is 2. The third-order valence-electron chi connectivity index (χ3n) is 3.18. The lowest BCUT2D eigenvalue weighted by Gasteiger charge is -2.28. The molecule has 4 heteroatoms. The summed E-state index contributed by atoms with van der Waals surface area (Å²) in [5, 5.41) is 0. The van der Waals surface area contributed by atoms with Crippen LogP contribution in [0.15, 0.2) is 47.9 Å². The third kappa shape index (κ3) is 2.05. The largest absolute Gasteiger partial charge is 0.461 e. The zero-order valence-electron chi connectivity index (χ0n) is 10.4. The van der Waals surface area contributed by atoms with E-state index in [0.717, 1.165) is 11.3 Å². The van der Waals surface area contributed by atoms with Gasteiger partial charge in [0.1, 0.15) is 11.5 Å². The summed E-state index contributed by atoms with van der Waals surface area (Å²) >= 11 is 0. The molecule has 2 aliphatic rings. The van der Waals surface area contributed by atoms with Gasteiger partial charge >= 0.3 is 5.97 Å².